The number of ketones is 1. The summed E-state index contributed by atoms with van der Waals surface area (Å²) >= 11 is 0. The largest absolute Gasteiger partial charge is 0.451 e. The van der Waals surface area contributed by atoms with E-state index >= 15 is 0 Å². The topological polar surface area (TPSA) is 122 Å². The van der Waals surface area contributed by atoms with Crippen LogP contribution in [0.2, 0.25) is 0 Å². The van der Waals surface area contributed by atoms with Crippen LogP contribution in [0.15, 0.2) is 24.3 Å². The van der Waals surface area contributed by atoms with Crippen LogP contribution >= 0.6 is 0 Å². The molecule has 1 heterocycles. The SMILES string of the molecule is CC(=O)c1ccc(NC(=O)[C@@H](C)OC(=O)CN2C(=O)NC3(CCC(C)CC3)C2=O)cc1. The van der Waals surface area contributed by atoms with Crippen LogP contribution in [-0.4, -0.2) is 52.7 Å². The molecule has 2 aliphatic rings. The van der Waals surface area contributed by atoms with Crippen LogP contribution in [0, 0.1) is 5.92 Å². The molecule has 1 atom stereocenters. The maximum Gasteiger partial charge on any atom is 0.327 e. The summed E-state index contributed by atoms with van der Waals surface area (Å²) in [5.41, 5.74) is 0.0236. The van der Waals surface area contributed by atoms with E-state index in [0.29, 0.717) is 30.0 Å². The molecule has 0 unspecified atom stereocenters. The summed E-state index contributed by atoms with van der Waals surface area (Å²) < 4.78 is 5.12. The molecule has 1 aliphatic heterocycles. The van der Waals surface area contributed by atoms with E-state index in [9.17, 15) is 24.0 Å². The molecule has 31 heavy (non-hydrogen) atoms. The Morgan fingerprint density at radius 2 is 1.81 bits per heavy atom. The maximum atomic E-state index is 12.8. The lowest BCUT2D eigenvalue weighted by Gasteiger charge is -2.33. The van der Waals surface area contributed by atoms with E-state index in [2.05, 4.69) is 17.6 Å². The van der Waals surface area contributed by atoms with Gasteiger partial charge in [-0.3, -0.25) is 24.1 Å². The average Bonchev–Trinajstić information content (AvgIpc) is 2.94. The van der Waals surface area contributed by atoms with Crippen molar-refractivity contribution in [1.29, 1.82) is 0 Å². The van der Waals surface area contributed by atoms with Gasteiger partial charge in [0.1, 0.15) is 12.1 Å². The number of carbonyl (C=O) groups excluding carboxylic acids is 5. The molecule has 1 saturated heterocycles. The van der Waals surface area contributed by atoms with Gasteiger partial charge >= 0.3 is 12.0 Å². The number of rotatable bonds is 6. The summed E-state index contributed by atoms with van der Waals surface area (Å²) in [6.45, 7) is 4.39. The van der Waals surface area contributed by atoms with Gasteiger partial charge in [0, 0.05) is 11.3 Å². The van der Waals surface area contributed by atoms with Crippen molar-refractivity contribution in [3.63, 3.8) is 0 Å². The van der Waals surface area contributed by atoms with Crippen molar-refractivity contribution in [1.82, 2.24) is 10.2 Å². The number of carbonyl (C=O) groups is 5. The Morgan fingerprint density at radius 3 is 2.39 bits per heavy atom. The van der Waals surface area contributed by atoms with E-state index in [0.717, 1.165) is 17.7 Å². The monoisotopic (exact) mass is 429 g/mol. The summed E-state index contributed by atoms with van der Waals surface area (Å²) in [6, 6.07) is 5.68. The number of nitrogens with one attached hydrogen (secondary N) is 2. The molecule has 1 aromatic carbocycles. The predicted octanol–water partition coefficient (Wildman–Crippen LogP) is 2.26. The van der Waals surface area contributed by atoms with Gasteiger partial charge in [-0.05, 0) is 69.7 Å². The molecular formula is C22H27N3O6. The van der Waals surface area contributed by atoms with Crippen LogP contribution in [0.3, 0.4) is 0 Å². The fraction of sp³-hybridized carbons (Fsp3) is 0.500. The lowest BCUT2D eigenvalue weighted by Crippen LogP contribution is -2.49. The Hall–Kier alpha value is -3.23. The molecule has 3 rings (SSSR count). The van der Waals surface area contributed by atoms with Crippen LogP contribution in [0.5, 0.6) is 0 Å². The quantitative estimate of drug-likeness (QED) is 0.406. The molecular weight excluding hydrogens is 402 g/mol. The summed E-state index contributed by atoms with van der Waals surface area (Å²) in [5.74, 6) is -1.43. The Balaban J connectivity index is 1.53. The highest BCUT2D eigenvalue weighted by molar-refractivity contribution is 6.09. The fourth-order valence-corrected chi connectivity index (χ4v) is 3.86. The molecule has 9 heteroatoms. The second kappa shape index (κ2) is 8.87. The van der Waals surface area contributed by atoms with Crippen molar-refractivity contribution < 1.29 is 28.7 Å². The number of anilines is 1. The zero-order valence-electron chi connectivity index (χ0n) is 17.9. The molecule has 166 valence electrons. The van der Waals surface area contributed by atoms with Crippen molar-refractivity contribution in [3.8, 4) is 0 Å². The van der Waals surface area contributed by atoms with Crippen LogP contribution in [0.4, 0.5) is 10.5 Å². The third-order valence-electron chi connectivity index (χ3n) is 5.90. The number of esters is 1. The third kappa shape index (κ3) is 4.92. The number of hydrogen-bond donors (Lipinski definition) is 2. The summed E-state index contributed by atoms with van der Waals surface area (Å²) in [7, 11) is 0. The van der Waals surface area contributed by atoms with Crippen molar-refractivity contribution in [2.75, 3.05) is 11.9 Å². The zero-order valence-corrected chi connectivity index (χ0v) is 17.9. The molecule has 1 saturated carbocycles. The van der Waals surface area contributed by atoms with Crippen molar-refractivity contribution in [3.05, 3.63) is 29.8 Å². The number of benzene rings is 1. The Bertz CT molecular complexity index is 902. The molecule has 1 spiro atoms. The lowest BCUT2D eigenvalue weighted by molar-refractivity contribution is -0.155. The van der Waals surface area contributed by atoms with Gasteiger partial charge in [0.05, 0.1) is 0 Å². The summed E-state index contributed by atoms with van der Waals surface area (Å²) in [4.78, 5) is 61.8. The second-order valence-corrected chi connectivity index (χ2v) is 8.34. The minimum atomic E-state index is -1.13. The van der Waals surface area contributed by atoms with Gasteiger partial charge in [-0.2, -0.15) is 0 Å². The lowest BCUT2D eigenvalue weighted by atomic mass is 9.77. The van der Waals surface area contributed by atoms with Crippen LogP contribution in [-0.2, 0) is 19.1 Å². The molecule has 2 fully saturated rings. The van der Waals surface area contributed by atoms with E-state index in [4.69, 9.17) is 4.74 Å². The standard InChI is InChI=1S/C22H27N3O6/c1-13-8-10-22(11-9-13)20(29)25(21(30)24-22)12-18(27)31-15(3)19(28)23-17-6-4-16(5-7-17)14(2)26/h4-7,13,15H,8-12H2,1-3H3,(H,23,28)(H,24,30)/t13?,15-,22?/m1/s1. The Morgan fingerprint density at radius 1 is 1.19 bits per heavy atom. The molecule has 1 aromatic rings. The summed E-state index contributed by atoms with van der Waals surface area (Å²) in [6.07, 6.45) is 1.62. The van der Waals surface area contributed by atoms with E-state index in [1.165, 1.54) is 13.8 Å². The highest BCUT2D eigenvalue weighted by Crippen LogP contribution is 2.36. The number of ether oxygens (including phenoxy) is 1. The van der Waals surface area contributed by atoms with Crippen molar-refractivity contribution in [2.45, 2.75) is 58.1 Å². The average molecular weight is 429 g/mol. The number of hydrogen-bond acceptors (Lipinski definition) is 6. The number of imide groups is 1. The first kappa shape index (κ1) is 22.5. The van der Waals surface area contributed by atoms with Gasteiger partial charge in [-0.25, -0.2) is 4.79 Å². The first-order chi connectivity index (χ1) is 14.6. The van der Waals surface area contributed by atoms with Crippen molar-refractivity contribution >= 4 is 35.3 Å². The number of urea groups is 1. The minimum absolute atomic E-state index is 0.0924. The molecule has 4 amide bonds. The molecule has 0 bridgehead atoms. The molecule has 1 aliphatic carbocycles. The fourth-order valence-electron chi connectivity index (χ4n) is 3.86. The number of amides is 4. The van der Waals surface area contributed by atoms with Gasteiger partial charge < -0.3 is 15.4 Å². The third-order valence-corrected chi connectivity index (χ3v) is 5.90. The molecule has 9 nitrogen and oxygen atoms in total. The van der Waals surface area contributed by atoms with Crippen molar-refractivity contribution in [2.24, 2.45) is 5.92 Å². The minimum Gasteiger partial charge on any atom is -0.451 e. The van der Waals surface area contributed by atoms with E-state index < -0.39 is 42.0 Å². The smallest absolute Gasteiger partial charge is 0.327 e. The van der Waals surface area contributed by atoms with Gasteiger partial charge in [-0.15, -0.1) is 0 Å². The highest BCUT2D eigenvalue weighted by Gasteiger charge is 2.52. The van der Waals surface area contributed by atoms with Crippen LogP contribution < -0.4 is 10.6 Å². The van der Waals surface area contributed by atoms with Gasteiger partial charge in [0.15, 0.2) is 11.9 Å². The number of Topliss-reactive ketones (excluding diaryl/α,β-unsaturated/α-hetero) is 1. The molecule has 0 aromatic heterocycles. The van der Waals surface area contributed by atoms with E-state index in [1.54, 1.807) is 24.3 Å². The molecule has 0 radical (unpaired) electrons. The Kier molecular flexibility index (Phi) is 6.42. The van der Waals surface area contributed by atoms with Gasteiger partial charge in [-0.1, -0.05) is 6.92 Å². The normalized spacial score (nSPS) is 24.0. The van der Waals surface area contributed by atoms with E-state index in [1.807, 2.05) is 0 Å². The van der Waals surface area contributed by atoms with Gasteiger partial charge in [0.2, 0.25) is 0 Å². The van der Waals surface area contributed by atoms with E-state index in [-0.39, 0.29) is 5.78 Å². The first-order valence-electron chi connectivity index (χ1n) is 10.4. The second-order valence-electron chi connectivity index (χ2n) is 8.34. The maximum absolute atomic E-state index is 12.8. The zero-order chi connectivity index (χ0) is 22.8. The van der Waals surface area contributed by atoms with Gasteiger partial charge in [0.25, 0.3) is 11.8 Å². The number of nitrogens with zero attached hydrogens (tertiary/aromatic N) is 1. The summed E-state index contributed by atoms with van der Waals surface area (Å²) in [5, 5.41) is 5.33. The predicted molar refractivity (Wildman–Crippen MR) is 111 cm³/mol. The first-order valence-corrected chi connectivity index (χ1v) is 10.4. The van der Waals surface area contributed by atoms with Crippen LogP contribution in [0.1, 0.15) is 56.8 Å². The highest BCUT2D eigenvalue weighted by atomic mass is 16.5. The Labute approximate surface area is 180 Å². The molecule has 2 N–H and O–H groups in total. The van der Waals surface area contributed by atoms with Crippen LogP contribution in [0.25, 0.3) is 0 Å².